The largest absolute Gasteiger partial charge is 0.487 e. The zero-order valence-electron chi connectivity index (χ0n) is 19.4. The monoisotopic (exact) mass is 471 g/mol. The molecule has 180 valence electrons. The van der Waals surface area contributed by atoms with Gasteiger partial charge in [-0.25, -0.2) is 4.79 Å². The Hall–Kier alpha value is -3.49. The van der Waals surface area contributed by atoms with Crippen molar-refractivity contribution in [2.45, 2.75) is 58.7 Å². The molecule has 1 unspecified atom stereocenters. The molecule has 0 aliphatic carbocycles. The predicted octanol–water partition coefficient (Wildman–Crippen LogP) is 4.48. The molecule has 0 saturated carbocycles. The van der Waals surface area contributed by atoms with Crippen LogP contribution in [0, 0.1) is 11.3 Å². The first-order chi connectivity index (χ1) is 15.9. The SMILES string of the molecule is CC(C)C1Cc2cc(/C(C=N)=C/NC(F)F)c3c(c2-c2cc(=O)c(C(=O)O)cn21)CC(C)(C)O3. The molecule has 1 aromatic carbocycles. The van der Waals surface area contributed by atoms with Gasteiger partial charge in [-0.15, -0.1) is 0 Å². The van der Waals surface area contributed by atoms with Gasteiger partial charge in [-0.3, -0.25) is 4.79 Å². The zero-order valence-corrected chi connectivity index (χ0v) is 19.4. The van der Waals surface area contributed by atoms with Gasteiger partial charge < -0.3 is 25.1 Å². The molecule has 0 amide bonds. The van der Waals surface area contributed by atoms with Crippen LogP contribution in [0.5, 0.6) is 5.75 Å². The first kappa shape index (κ1) is 23.7. The number of alkyl halides is 2. The van der Waals surface area contributed by atoms with Crippen LogP contribution in [0.2, 0.25) is 0 Å². The number of carbonyl (C=O) groups is 1. The highest BCUT2D eigenvalue weighted by Gasteiger charge is 2.39. The van der Waals surface area contributed by atoms with Crippen molar-refractivity contribution in [2.24, 2.45) is 5.92 Å². The third kappa shape index (κ3) is 3.99. The molecular formula is C25H27F2N3O4. The highest BCUT2D eigenvalue weighted by Crippen LogP contribution is 2.49. The summed E-state index contributed by atoms with van der Waals surface area (Å²) in [5.74, 6) is -0.663. The Morgan fingerprint density at radius 3 is 2.62 bits per heavy atom. The molecule has 2 aliphatic rings. The van der Waals surface area contributed by atoms with Gasteiger partial charge in [0.2, 0.25) is 0 Å². The molecule has 4 rings (SSSR count). The van der Waals surface area contributed by atoms with E-state index in [1.807, 2.05) is 43.6 Å². The number of carboxylic acid groups (broad SMARTS) is 1. The highest BCUT2D eigenvalue weighted by atomic mass is 19.3. The lowest BCUT2D eigenvalue weighted by Crippen LogP contribution is -2.29. The number of pyridine rings is 1. The lowest BCUT2D eigenvalue weighted by molar-refractivity contribution is 0.0694. The molecule has 34 heavy (non-hydrogen) atoms. The Balaban J connectivity index is 2.03. The number of nitrogens with one attached hydrogen (secondary N) is 2. The molecule has 2 aromatic rings. The summed E-state index contributed by atoms with van der Waals surface area (Å²) in [6.07, 6.45) is 4.59. The molecule has 0 fully saturated rings. The summed E-state index contributed by atoms with van der Waals surface area (Å²) in [7, 11) is 0. The smallest absolute Gasteiger partial charge is 0.341 e. The maximum Gasteiger partial charge on any atom is 0.341 e. The van der Waals surface area contributed by atoms with E-state index in [1.54, 1.807) is 0 Å². The standard InChI is InChI=1S/C25H27F2N3O4/c1-12(2)18-6-13-5-15(14(9-28)10-29-24(26)27)22-16(8-25(3,4)34-22)21(13)19-7-20(31)17(23(32)33)11-30(18)19/h5,7,9-12,18,24,28-29H,6,8H2,1-4H3,(H,32,33)/b14-10+,28-9?. The first-order valence-electron chi connectivity index (χ1n) is 11.1. The fourth-order valence-corrected chi connectivity index (χ4v) is 4.92. The second-order valence-corrected chi connectivity index (χ2v) is 9.68. The molecule has 3 heterocycles. The van der Waals surface area contributed by atoms with E-state index in [-0.39, 0.29) is 23.1 Å². The number of ether oxygens (including phenoxy) is 1. The number of hydrogen-bond donors (Lipinski definition) is 3. The molecule has 1 atom stereocenters. The summed E-state index contributed by atoms with van der Waals surface area (Å²) in [5, 5.41) is 19.3. The van der Waals surface area contributed by atoms with Gasteiger partial charge in [-0.1, -0.05) is 13.8 Å². The van der Waals surface area contributed by atoms with E-state index in [2.05, 4.69) is 0 Å². The minimum Gasteiger partial charge on any atom is -0.487 e. The minimum atomic E-state index is -2.77. The molecule has 7 nitrogen and oxygen atoms in total. The van der Waals surface area contributed by atoms with E-state index in [1.165, 1.54) is 12.3 Å². The molecular weight excluding hydrogens is 444 g/mol. The van der Waals surface area contributed by atoms with Crippen molar-refractivity contribution in [1.82, 2.24) is 9.88 Å². The number of rotatable bonds is 6. The number of hydrogen-bond acceptors (Lipinski definition) is 5. The van der Waals surface area contributed by atoms with E-state index in [0.717, 1.165) is 29.1 Å². The van der Waals surface area contributed by atoms with E-state index in [9.17, 15) is 23.5 Å². The summed E-state index contributed by atoms with van der Waals surface area (Å²) >= 11 is 0. The number of benzene rings is 1. The number of nitrogens with zero attached hydrogens (tertiary/aromatic N) is 1. The van der Waals surface area contributed by atoms with Gasteiger partial charge in [0.25, 0.3) is 0 Å². The molecule has 0 spiro atoms. The first-order valence-corrected chi connectivity index (χ1v) is 11.1. The van der Waals surface area contributed by atoms with Gasteiger partial charge in [0, 0.05) is 59.4 Å². The van der Waals surface area contributed by atoms with Gasteiger partial charge in [0.05, 0.1) is 5.69 Å². The summed E-state index contributed by atoms with van der Waals surface area (Å²) in [6, 6.07) is 3.09. The van der Waals surface area contributed by atoms with Crippen LogP contribution < -0.4 is 15.5 Å². The summed E-state index contributed by atoms with van der Waals surface area (Å²) in [5.41, 5.74) is 2.48. The minimum absolute atomic E-state index is 0.117. The number of fused-ring (bicyclic) bond motifs is 5. The van der Waals surface area contributed by atoms with Crippen molar-refractivity contribution in [1.29, 1.82) is 5.41 Å². The number of halogens is 2. The van der Waals surface area contributed by atoms with Crippen molar-refractivity contribution in [2.75, 3.05) is 0 Å². The van der Waals surface area contributed by atoms with Gasteiger partial charge in [0.1, 0.15) is 16.9 Å². The normalized spacial score (nSPS) is 18.2. The van der Waals surface area contributed by atoms with Gasteiger partial charge in [-0.05, 0) is 37.8 Å². The fourth-order valence-electron chi connectivity index (χ4n) is 4.92. The van der Waals surface area contributed by atoms with Crippen LogP contribution in [0.3, 0.4) is 0 Å². The maximum absolute atomic E-state index is 12.8. The van der Waals surface area contributed by atoms with Crippen LogP contribution in [-0.4, -0.2) is 34.0 Å². The molecule has 0 radical (unpaired) electrons. The average molecular weight is 472 g/mol. The van der Waals surface area contributed by atoms with Gasteiger partial charge in [-0.2, -0.15) is 8.78 Å². The molecule has 2 aliphatic heterocycles. The van der Waals surface area contributed by atoms with Crippen LogP contribution in [-0.2, 0) is 12.8 Å². The van der Waals surface area contributed by atoms with Crippen molar-refractivity contribution in [3.63, 3.8) is 0 Å². The number of carboxylic acids is 1. The van der Waals surface area contributed by atoms with Crippen molar-refractivity contribution < 1.29 is 23.4 Å². The molecule has 3 N–H and O–H groups in total. The topological polar surface area (TPSA) is 104 Å². The van der Waals surface area contributed by atoms with E-state index >= 15 is 0 Å². The number of aromatic nitrogens is 1. The van der Waals surface area contributed by atoms with Gasteiger partial charge >= 0.3 is 12.5 Å². The quantitative estimate of drug-likeness (QED) is 0.426. The van der Waals surface area contributed by atoms with Crippen molar-refractivity contribution in [3.8, 4) is 17.0 Å². The predicted molar refractivity (Wildman–Crippen MR) is 125 cm³/mol. The molecule has 0 bridgehead atoms. The lowest BCUT2D eigenvalue weighted by atomic mass is 9.81. The van der Waals surface area contributed by atoms with Crippen LogP contribution in [0.15, 0.2) is 29.3 Å². The Bertz CT molecular complexity index is 1280. The summed E-state index contributed by atoms with van der Waals surface area (Å²) in [6.45, 7) is 5.09. The Morgan fingerprint density at radius 2 is 2.03 bits per heavy atom. The maximum atomic E-state index is 12.8. The Kier molecular flexibility index (Phi) is 5.83. The average Bonchev–Trinajstić information content (AvgIpc) is 3.07. The van der Waals surface area contributed by atoms with Crippen LogP contribution >= 0.6 is 0 Å². The van der Waals surface area contributed by atoms with E-state index in [4.69, 9.17) is 10.1 Å². The fraction of sp³-hybridized carbons (Fsp3) is 0.400. The lowest BCUT2D eigenvalue weighted by Gasteiger charge is -2.34. The van der Waals surface area contributed by atoms with Gasteiger partial charge in [0.15, 0.2) is 5.43 Å². The summed E-state index contributed by atoms with van der Waals surface area (Å²) in [4.78, 5) is 24.3. The number of allylic oxidation sites excluding steroid dienone is 1. The summed E-state index contributed by atoms with van der Waals surface area (Å²) < 4.78 is 33.7. The van der Waals surface area contributed by atoms with Crippen LogP contribution in [0.25, 0.3) is 16.8 Å². The van der Waals surface area contributed by atoms with E-state index in [0.29, 0.717) is 29.8 Å². The second-order valence-electron chi connectivity index (χ2n) is 9.68. The molecule has 0 saturated heterocycles. The Labute approximate surface area is 195 Å². The van der Waals surface area contributed by atoms with E-state index < -0.39 is 23.5 Å². The van der Waals surface area contributed by atoms with Crippen molar-refractivity contribution >= 4 is 17.8 Å². The number of aromatic carboxylic acids is 1. The highest BCUT2D eigenvalue weighted by molar-refractivity contribution is 6.10. The third-order valence-corrected chi connectivity index (χ3v) is 6.39. The molecule has 1 aromatic heterocycles. The molecule has 9 heteroatoms. The van der Waals surface area contributed by atoms with Crippen LogP contribution in [0.1, 0.15) is 60.8 Å². The third-order valence-electron chi connectivity index (χ3n) is 6.39. The Morgan fingerprint density at radius 1 is 1.32 bits per heavy atom. The zero-order chi connectivity index (χ0) is 24.9. The van der Waals surface area contributed by atoms with Crippen LogP contribution in [0.4, 0.5) is 8.78 Å². The second kappa shape index (κ2) is 8.38. The van der Waals surface area contributed by atoms with Crippen molar-refractivity contribution in [3.05, 3.63) is 57.0 Å².